The Labute approximate surface area is 103 Å². The van der Waals surface area contributed by atoms with Crippen molar-refractivity contribution in [2.75, 3.05) is 24.5 Å². The van der Waals surface area contributed by atoms with Crippen LogP contribution >= 0.6 is 12.4 Å². The Bertz CT molecular complexity index is 335. The highest BCUT2D eigenvalue weighted by Gasteiger charge is 2.39. The highest BCUT2D eigenvalue weighted by atomic mass is 35.5. The maximum Gasteiger partial charge on any atom is 0.0553 e. The molecule has 0 aliphatic carbocycles. The Morgan fingerprint density at radius 2 is 2.31 bits per heavy atom. The Morgan fingerprint density at radius 3 is 3.00 bits per heavy atom. The van der Waals surface area contributed by atoms with Crippen LogP contribution in [-0.2, 0) is 0 Å². The summed E-state index contributed by atoms with van der Waals surface area (Å²) in [4.78, 5) is 6.63. The third-order valence-corrected chi connectivity index (χ3v) is 3.70. The number of nitrogens with zero attached hydrogens (tertiary/aromatic N) is 2. The van der Waals surface area contributed by atoms with Gasteiger partial charge in [0.05, 0.1) is 11.9 Å². The summed E-state index contributed by atoms with van der Waals surface area (Å²) in [5.41, 5.74) is 1.68. The van der Waals surface area contributed by atoms with Crippen LogP contribution < -0.4 is 10.2 Å². The van der Waals surface area contributed by atoms with Gasteiger partial charge < -0.3 is 10.2 Å². The summed E-state index contributed by atoms with van der Waals surface area (Å²) in [5, 5.41) is 3.67. The SMILES string of the molecule is Cl.c1cncc(N2CC[C@@]3(CCCN3)C2)c1. The summed E-state index contributed by atoms with van der Waals surface area (Å²) in [5.74, 6) is 0. The average molecular weight is 240 g/mol. The van der Waals surface area contributed by atoms with Crippen LogP contribution in [0.1, 0.15) is 19.3 Å². The van der Waals surface area contributed by atoms with E-state index in [0.29, 0.717) is 5.54 Å². The molecule has 1 spiro atoms. The molecule has 2 aliphatic heterocycles. The van der Waals surface area contributed by atoms with E-state index in [1.54, 1.807) is 0 Å². The molecule has 0 saturated carbocycles. The maximum absolute atomic E-state index is 4.18. The van der Waals surface area contributed by atoms with Crippen molar-refractivity contribution < 1.29 is 0 Å². The average Bonchev–Trinajstić information content (AvgIpc) is 2.91. The fourth-order valence-corrected chi connectivity index (χ4v) is 2.85. The predicted octanol–water partition coefficient (Wildman–Crippen LogP) is 1.84. The van der Waals surface area contributed by atoms with E-state index in [9.17, 15) is 0 Å². The van der Waals surface area contributed by atoms with E-state index >= 15 is 0 Å². The first-order valence-electron chi connectivity index (χ1n) is 5.78. The fourth-order valence-electron chi connectivity index (χ4n) is 2.85. The van der Waals surface area contributed by atoms with Crippen LogP contribution in [0.2, 0.25) is 0 Å². The van der Waals surface area contributed by atoms with Gasteiger partial charge in [-0.15, -0.1) is 12.4 Å². The number of hydrogen-bond donors (Lipinski definition) is 1. The third kappa shape index (κ3) is 2.02. The molecular formula is C12H18ClN3. The molecule has 2 aliphatic rings. The Balaban J connectivity index is 0.000000963. The topological polar surface area (TPSA) is 28.2 Å². The molecule has 0 radical (unpaired) electrons. The molecule has 3 heterocycles. The molecule has 4 heteroatoms. The van der Waals surface area contributed by atoms with Crippen LogP contribution in [0.3, 0.4) is 0 Å². The van der Waals surface area contributed by atoms with Crippen molar-refractivity contribution in [1.82, 2.24) is 10.3 Å². The van der Waals surface area contributed by atoms with Gasteiger partial charge in [-0.25, -0.2) is 0 Å². The summed E-state index contributed by atoms with van der Waals surface area (Å²) in [6.07, 6.45) is 7.75. The quantitative estimate of drug-likeness (QED) is 0.811. The molecule has 16 heavy (non-hydrogen) atoms. The molecule has 0 unspecified atom stereocenters. The van der Waals surface area contributed by atoms with Gasteiger partial charge in [-0.3, -0.25) is 4.98 Å². The Hall–Kier alpha value is -0.800. The van der Waals surface area contributed by atoms with Gasteiger partial charge in [0.2, 0.25) is 0 Å². The summed E-state index contributed by atoms with van der Waals surface area (Å²) in [6.45, 7) is 3.51. The van der Waals surface area contributed by atoms with Crippen molar-refractivity contribution in [2.45, 2.75) is 24.8 Å². The molecule has 1 aromatic rings. The standard InChI is InChI=1S/C12H17N3.ClH/c1-3-11(9-13-6-1)15-8-5-12(10-15)4-2-7-14-12;/h1,3,6,9,14H,2,4-5,7-8,10H2;1H/t12-;/m0./s1. The monoisotopic (exact) mass is 239 g/mol. The molecule has 3 nitrogen and oxygen atoms in total. The molecule has 3 rings (SSSR count). The van der Waals surface area contributed by atoms with Crippen LogP contribution in [0.4, 0.5) is 5.69 Å². The zero-order chi connectivity index (χ0) is 10.1. The molecule has 1 atom stereocenters. The van der Waals surface area contributed by atoms with E-state index in [4.69, 9.17) is 0 Å². The first kappa shape index (κ1) is 11.7. The number of halogens is 1. The smallest absolute Gasteiger partial charge is 0.0553 e. The van der Waals surface area contributed by atoms with Crippen LogP contribution in [0.5, 0.6) is 0 Å². The molecule has 2 saturated heterocycles. The number of hydrogen-bond acceptors (Lipinski definition) is 3. The fraction of sp³-hybridized carbons (Fsp3) is 0.583. The van der Waals surface area contributed by atoms with Crippen LogP contribution in [0, 0.1) is 0 Å². The number of pyridine rings is 1. The van der Waals surface area contributed by atoms with Crippen LogP contribution in [0.15, 0.2) is 24.5 Å². The summed E-state index contributed by atoms with van der Waals surface area (Å²) >= 11 is 0. The molecule has 88 valence electrons. The summed E-state index contributed by atoms with van der Waals surface area (Å²) < 4.78 is 0. The van der Waals surface area contributed by atoms with Gasteiger partial charge in [-0.05, 0) is 37.9 Å². The van der Waals surface area contributed by atoms with Gasteiger partial charge in [0.25, 0.3) is 0 Å². The van der Waals surface area contributed by atoms with Crippen molar-refractivity contribution in [3.05, 3.63) is 24.5 Å². The summed E-state index contributed by atoms with van der Waals surface area (Å²) in [7, 11) is 0. The highest BCUT2D eigenvalue weighted by Crippen LogP contribution is 2.32. The second-order valence-electron chi connectivity index (χ2n) is 4.69. The van der Waals surface area contributed by atoms with E-state index in [0.717, 1.165) is 6.54 Å². The van der Waals surface area contributed by atoms with Gasteiger partial charge in [0.1, 0.15) is 0 Å². The molecule has 0 bridgehead atoms. The van der Waals surface area contributed by atoms with E-state index in [1.807, 2.05) is 18.5 Å². The van der Waals surface area contributed by atoms with Gasteiger partial charge in [-0.1, -0.05) is 0 Å². The van der Waals surface area contributed by atoms with Gasteiger partial charge in [0.15, 0.2) is 0 Å². The summed E-state index contributed by atoms with van der Waals surface area (Å²) in [6, 6.07) is 4.17. The number of rotatable bonds is 1. The lowest BCUT2D eigenvalue weighted by molar-refractivity contribution is 0.419. The molecule has 1 N–H and O–H groups in total. The van der Waals surface area contributed by atoms with E-state index in [-0.39, 0.29) is 12.4 Å². The first-order valence-corrected chi connectivity index (χ1v) is 5.78. The second kappa shape index (κ2) is 4.60. The Morgan fingerprint density at radius 1 is 1.38 bits per heavy atom. The highest BCUT2D eigenvalue weighted by molar-refractivity contribution is 5.85. The van der Waals surface area contributed by atoms with Gasteiger partial charge >= 0.3 is 0 Å². The zero-order valence-electron chi connectivity index (χ0n) is 9.35. The number of aromatic nitrogens is 1. The largest absolute Gasteiger partial charge is 0.368 e. The van der Waals surface area contributed by atoms with Gasteiger partial charge in [0, 0.05) is 24.8 Å². The van der Waals surface area contributed by atoms with E-state index in [1.165, 1.54) is 38.0 Å². The molecule has 1 aromatic heterocycles. The van der Waals surface area contributed by atoms with E-state index < -0.39 is 0 Å². The Kier molecular flexibility index (Phi) is 3.36. The molecule has 2 fully saturated rings. The number of nitrogens with one attached hydrogen (secondary N) is 1. The minimum absolute atomic E-state index is 0. The van der Waals surface area contributed by atoms with Gasteiger partial charge in [-0.2, -0.15) is 0 Å². The normalized spacial score (nSPS) is 28.4. The van der Waals surface area contributed by atoms with Crippen molar-refractivity contribution in [2.24, 2.45) is 0 Å². The minimum atomic E-state index is 0. The lowest BCUT2D eigenvalue weighted by atomic mass is 9.97. The first-order chi connectivity index (χ1) is 7.38. The lowest BCUT2D eigenvalue weighted by Gasteiger charge is -2.25. The predicted molar refractivity (Wildman–Crippen MR) is 68.3 cm³/mol. The zero-order valence-corrected chi connectivity index (χ0v) is 10.2. The second-order valence-corrected chi connectivity index (χ2v) is 4.69. The molecular weight excluding hydrogens is 222 g/mol. The number of anilines is 1. The molecule has 0 amide bonds. The maximum atomic E-state index is 4.18. The van der Waals surface area contributed by atoms with Crippen molar-refractivity contribution >= 4 is 18.1 Å². The third-order valence-electron chi connectivity index (χ3n) is 3.70. The van der Waals surface area contributed by atoms with Crippen LogP contribution in [-0.4, -0.2) is 30.2 Å². The minimum Gasteiger partial charge on any atom is -0.368 e. The van der Waals surface area contributed by atoms with Crippen molar-refractivity contribution in [3.63, 3.8) is 0 Å². The molecule has 0 aromatic carbocycles. The lowest BCUT2D eigenvalue weighted by Crippen LogP contribution is -2.42. The van der Waals surface area contributed by atoms with Crippen LogP contribution in [0.25, 0.3) is 0 Å². The van der Waals surface area contributed by atoms with Crippen molar-refractivity contribution in [3.8, 4) is 0 Å². The van der Waals surface area contributed by atoms with Crippen molar-refractivity contribution in [1.29, 1.82) is 0 Å². The van der Waals surface area contributed by atoms with E-state index in [2.05, 4.69) is 21.3 Å².